The molecule has 0 aliphatic carbocycles. The third-order valence-electron chi connectivity index (χ3n) is 9.18. The molecule has 1 unspecified atom stereocenters. The number of allylic oxidation sites excluding steroid dienone is 12. The standard InChI is InChI=1S/C49H82O6/c1-4-7-10-13-16-19-21-23-24-25-26-28-30-33-36-39-42-48(51)54-45-46(44-53-47(50)41-38-35-32-29-18-15-12-9-6-3)55-49(52)43-40-37-34-31-27-22-20-17-14-11-8-5-2/h8-9,11-12,17-18,20,24-25,27,29,31,46H,4-7,10,13-16,19,21-23,26,28,30,32-45H2,1-3H3/b11-8-,12-9-,20-17-,25-24-,29-18-,31-27-. The molecule has 0 aromatic carbocycles. The predicted molar refractivity (Wildman–Crippen MR) is 233 cm³/mol. The molecule has 6 heteroatoms. The van der Waals surface area contributed by atoms with Crippen molar-refractivity contribution in [2.24, 2.45) is 0 Å². The quantitative estimate of drug-likeness (QED) is 0.0268. The number of rotatable bonds is 39. The fourth-order valence-corrected chi connectivity index (χ4v) is 5.84. The topological polar surface area (TPSA) is 78.9 Å². The summed E-state index contributed by atoms with van der Waals surface area (Å²) in [6.45, 7) is 6.30. The van der Waals surface area contributed by atoms with Gasteiger partial charge in [0.1, 0.15) is 13.2 Å². The Balaban J connectivity index is 4.43. The summed E-state index contributed by atoms with van der Waals surface area (Å²) < 4.78 is 16.6. The van der Waals surface area contributed by atoms with Crippen LogP contribution in [0.1, 0.15) is 201 Å². The van der Waals surface area contributed by atoms with Gasteiger partial charge in [-0.25, -0.2) is 0 Å². The molecule has 0 saturated carbocycles. The molecule has 0 amide bonds. The van der Waals surface area contributed by atoms with Gasteiger partial charge in [-0.15, -0.1) is 0 Å². The summed E-state index contributed by atoms with van der Waals surface area (Å²) in [4.78, 5) is 37.6. The van der Waals surface area contributed by atoms with Gasteiger partial charge in [0.15, 0.2) is 6.10 Å². The van der Waals surface area contributed by atoms with E-state index in [4.69, 9.17) is 14.2 Å². The molecule has 0 aromatic rings. The highest BCUT2D eigenvalue weighted by Gasteiger charge is 2.19. The van der Waals surface area contributed by atoms with Crippen LogP contribution in [0.3, 0.4) is 0 Å². The van der Waals surface area contributed by atoms with E-state index in [2.05, 4.69) is 93.7 Å². The number of hydrogen-bond acceptors (Lipinski definition) is 6. The van der Waals surface area contributed by atoms with Crippen LogP contribution >= 0.6 is 0 Å². The largest absolute Gasteiger partial charge is 0.462 e. The van der Waals surface area contributed by atoms with Crippen LogP contribution in [0.4, 0.5) is 0 Å². The Morgan fingerprint density at radius 1 is 0.382 bits per heavy atom. The zero-order chi connectivity index (χ0) is 40.1. The van der Waals surface area contributed by atoms with E-state index >= 15 is 0 Å². The lowest BCUT2D eigenvalue weighted by Crippen LogP contribution is -2.30. The van der Waals surface area contributed by atoms with E-state index in [9.17, 15) is 14.4 Å². The van der Waals surface area contributed by atoms with Crippen molar-refractivity contribution in [3.05, 3.63) is 72.9 Å². The molecule has 1 atom stereocenters. The van der Waals surface area contributed by atoms with Gasteiger partial charge in [0, 0.05) is 19.3 Å². The number of esters is 3. The molecule has 55 heavy (non-hydrogen) atoms. The maximum atomic E-state index is 12.7. The van der Waals surface area contributed by atoms with Crippen molar-refractivity contribution in [2.75, 3.05) is 13.2 Å². The molecular formula is C49H82O6. The van der Waals surface area contributed by atoms with Gasteiger partial charge in [0.2, 0.25) is 0 Å². The van der Waals surface area contributed by atoms with Crippen molar-refractivity contribution >= 4 is 17.9 Å². The Morgan fingerprint density at radius 3 is 1.16 bits per heavy atom. The van der Waals surface area contributed by atoms with Gasteiger partial charge in [-0.05, 0) is 103 Å². The molecular weight excluding hydrogens is 685 g/mol. The normalized spacial score (nSPS) is 12.7. The minimum Gasteiger partial charge on any atom is -0.462 e. The summed E-state index contributed by atoms with van der Waals surface area (Å²) in [6.07, 6.45) is 53.3. The van der Waals surface area contributed by atoms with Crippen molar-refractivity contribution in [1.29, 1.82) is 0 Å². The zero-order valence-corrected chi connectivity index (χ0v) is 35.7. The molecule has 0 aliphatic heterocycles. The monoisotopic (exact) mass is 767 g/mol. The maximum absolute atomic E-state index is 12.7. The van der Waals surface area contributed by atoms with Crippen LogP contribution in [0.25, 0.3) is 0 Å². The van der Waals surface area contributed by atoms with E-state index in [0.29, 0.717) is 19.3 Å². The van der Waals surface area contributed by atoms with Crippen LogP contribution in [0.2, 0.25) is 0 Å². The van der Waals surface area contributed by atoms with Gasteiger partial charge in [-0.3, -0.25) is 14.4 Å². The van der Waals surface area contributed by atoms with Crippen molar-refractivity contribution in [3.8, 4) is 0 Å². The zero-order valence-electron chi connectivity index (χ0n) is 35.7. The molecule has 0 aromatic heterocycles. The fraction of sp³-hybridized carbons (Fsp3) is 0.694. The summed E-state index contributed by atoms with van der Waals surface area (Å²) in [5, 5.41) is 0. The average Bonchev–Trinajstić information content (AvgIpc) is 3.18. The highest BCUT2D eigenvalue weighted by Crippen LogP contribution is 2.12. The van der Waals surface area contributed by atoms with Gasteiger partial charge in [0.25, 0.3) is 0 Å². The smallest absolute Gasteiger partial charge is 0.306 e. The van der Waals surface area contributed by atoms with Gasteiger partial charge in [0.05, 0.1) is 0 Å². The van der Waals surface area contributed by atoms with E-state index in [0.717, 1.165) is 89.9 Å². The van der Waals surface area contributed by atoms with Crippen LogP contribution in [0, 0.1) is 0 Å². The van der Waals surface area contributed by atoms with E-state index in [1.807, 2.05) is 0 Å². The Morgan fingerprint density at radius 2 is 0.709 bits per heavy atom. The predicted octanol–water partition coefficient (Wildman–Crippen LogP) is 14.3. The van der Waals surface area contributed by atoms with Crippen LogP contribution in [0.5, 0.6) is 0 Å². The molecule has 0 heterocycles. The number of ether oxygens (including phenoxy) is 3. The number of carbonyl (C=O) groups excluding carboxylic acids is 3. The van der Waals surface area contributed by atoms with Crippen molar-refractivity contribution in [3.63, 3.8) is 0 Å². The van der Waals surface area contributed by atoms with Gasteiger partial charge < -0.3 is 14.2 Å². The fourth-order valence-electron chi connectivity index (χ4n) is 5.84. The lowest BCUT2D eigenvalue weighted by Gasteiger charge is -2.18. The molecule has 0 fully saturated rings. The lowest BCUT2D eigenvalue weighted by molar-refractivity contribution is -0.167. The minimum atomic E-state index is -0.808. The molecule has 0 radical (unpaired) electrons. The number of unbranched alkanes of at least 4 members (excludes halogenated alkanes) is 16. The summed E-state index contributed by atoms with van der Waals surface area (Å²) >= 11 is 0. The third-order valence-corrected chi connectivity index (χ3v) is 9.18. The van der Waals surface area contributed by atoms with Crippen LogP contribution in [-0.2, 0) is 28.6 Å². The van der Waals surface area contributed by atoms with Crippen molar-refractivity contribution < 1.29 is 28.6 Å². The summed E-state index contributed by atoms with van der Waals surface area (Å²) in [5.74, 6) is -1.000. The van der Waals surface area contributed by atoms with E-state index < -0.39 is 6.10 Å². The highest BCUT2D eigenvalue weighted by atomic mass is 16.6. The van der Waals surface area contributed by atoms with Crippen LogP contribution < -0.4 is 0 Å². The third kappa shape index (κ3) is 41.8. The molecule has 0 aliphatic rings. The molecule has 0 saturated heterocycles. The second-order valence-electron chi connectivity index (χ2n) is 14.5. The Labute approximate surface area is 338 Å². The molecule has 6 nitrogen and oxygen atoms in total. The lowest BCUT2D eigenvalue weighted by atomic mass is 10.1. The van der Waals surface area contributed by atoms with Crippen molar-refractivity contribution in [2.45, 2.75) is 207 Å². The number of carbonyl (C=O) groups is 3. The van der Waals surface area contributed by atoms with Gasteiger partial charge >= 0.3 is 17.9 Å². The molecule has 0 bridgehead atoms. The van der Waals surface area contributed by atoms with Gasteiger partial charge in [-0.1, -0.05) is 151 Å². The Hall–Kier alpha value is -3.15. The van der Waals surface area contributed by atoms with E-state index in [1.54, 1.807) is 0 Å². The summed E-state index contributed by atoms with van der Waals surface area (Å²) in [6, 6.07) is 0. The highest BCUT2D eigenvalue weighted by molar-refractivity contribution is 5.71. The first-order chi connectivity index (χ1) is 27.0. The Bertz CT molecular complexity index is 1070. The average molecular weight is 767 g/mol. The maximum Gasteiger partial charge on any atom is 0.306 e. The molecule has 314 valence electrons. The SMILES string of the molecule is CC/C=C\C/C=C\C/C=C\CCCCC(=O)OC(COC(=O)CCCC/C=C\C/C=C\CC)COC(=O)CCCCCCC/C=C\CCCCCCCCC. The first-order valence-corrected chi connectivity index (χ1v) is 22.4. The molecule has 0 N–H and O–H groups in total. The second kappa shape index (κ2) is 43.6. The van der Waals surface area contributed by atoms with E-state index in [-0.39, 0.29) is 37.5 Å². The number of hydrogen-bond donors (Lipinski definition) is 0. The van der Waals surface area contributed by atoms with Crippen LogP contribution in [0.15, 0.2) is 72.9 Å². The first-order valence-electron chi connectivity index (χ1n) is 22.4. The van der Waals surface area contributed by atoms with Crippen LogP contribution in [-0.4, -0.2) is 37.2 Å². The van der Waals surface area contributed by atoms with E-state index in [1.165, 1.54) is 64.2 Å². The summed E-state index contributed by atoms with van der Waals surface area (Å²) in [7, 11) is 0. The minimum absolute atomic E-state index is 0.106. The van der Waals surface area contributed by atoms with Crippen molar-refractivity contribution in [1.82, 2.24) is 0 Å². The molecule has 0 spiro atoms. The summed E-state index contributed by atoms with van der Waals surface area (Å²) in [5.41, 5.74) is 0. The second-order valence-corrected chi connectivity index (χ2v) is 14.5. The molecule has 0 rings (SSSR count). The Kier molecular flexibility index (Phi) is 41.1. The van der Waals surface area contributed by atoms with Gasteiger partial charge in [-0.2, -0.15) is 0 Å². The first kappa shape index (κ1) is 51.9.